The first-order chi connectivity index (χ1) is 10.0. The number of urea groups is 1. The smallest absolute Gasteiger partial charge is 0.346 e. The second-order valence-corrected chi connectivity index (χ2v) is 6.10. The molecule has 0 radical (unpaired) electrons. The molecule has 1 saturated heterocycles. The fraction of sp³-hybridized carbons (Fsp3) is 0.500. The number of benzene rings is 1. The van der Waals surface area contributed by atoms with E-state index in [1.165, 1.54) is 5.69 Å². The average molecular weight is 286 g/mol. The van der Waals surface area contributed by atoms with Gasteiger partial charge in [-0.15, -0.1) is 0 Å². The number of hydrogen-bond donors (Lipinski definition) is 1. The highest BCUT2D eigenvalue weighted by molar-refractivity contribution is 6.06. The Bertz CT molecular complexity index is 559. The number of amides is 2. The number of rotatable bonds is 2. The summed E-state index contributed by atoms with van der Waals surface area (Å²) >= 11 is 0. The van der Waals surface area contributed by atoms with Crippen LogP contribution in [0.4, 0.5) is 10.5 Å². The minimum atomic E-state index is -0.378. The first-order valence-electron chi connectivity index (χ1n) is 7.52. The Morgan fingerprint density at radius 2 is 1.81 bits per heavy atom. The van der Waals surface area contributed by atoms with Gasteiger partial charge in [-0.05, 0) is 38.8 Å². The maximum Gasteiger partial charge on any atom is 0.346 e. The van der Waals surface area contributed by atoms with E-state index < -0.39 is 0 Å². The molecule has 3 rings (SSSR count). The molecular formula is C16H22N4O. The highest BCUT2D eigenvalue weighted by Crippen LogP contribution is 2.36. The van der Waals surface area contributed by atoms with Crippen molar-refractivity contribution in [1.82, 2.24) is 4.90 Å². The molecule has 5 nitrogen and oxygen atoms in total. The summed E-state index contributed by atoms with van der Waals surface area (Å²) in [5.74, 6) is 0.494. The lowest BCUT2D eigenvalue weighted by molar-refractivity contribution is 0.129. The van der Waals surface area contributed by atoms with Crippen molar-refractivity contribution in [1.29, 1.82) is 0 Å². The van der Waals surface area contributed by atoms with E-state index in [9.17, 15) is 4.79 Å². The predicted molar refractivity (Wildman–Crippen MR) is 84.6 cm³/mol. The van der Waals surface area contributed by atoms with Crippen molar-refractivity contribution in [2.75, 3.05) is 18.0 Å². The van der Waals surface area contributed by atoms with Gasteiger partial charge in [-0.2, -0.15) is 4.99 Å². The first-order valence-corrected chi connectivity index (χ1v) is 7.52. The zero-order chi connectivity index (χ0) is 15.0. The Morgan fingerprint density at radius 3 is 2.38 bits per heavy atom. The molecule has 0 unspecified atom stereocenters. The molecule has 2 amide bonds. The van der Waals surface area contributed by atoms with Crippen LogP contribution in [0.1, 0.15) is 26.7 Å². The summed E-state index contributed by atoms with van der Waals surface area (Å²) in [6, 6.07) is 10.3. The number of piperidine rings is 1. The third kappa shape index (κ3) is 2.17. The largest absolute Gasteiger partial charge is 0.385 e. The van der Waals surface area contributed by atoms with Crippen molar-refractivity contribution < 1.29 is 4.79 Å². The van der Waals surface area contributed by atoms with Crippen LogP contribution in [0.2, 0.25) is 0 Å². The molecule has 2 N–H and O–H groups in total. The lowest BCUT2D eigenvalue weighted by Gasteiger charge is -2.46. The molecule has 1 fully saturated rings. The third-order valence-corrected chi connectivity index (χ3v) is 4.59. The topological polar surface area (TPSA) is 61.9 Å². The molecule has 0 saturated carbocycles. The highest BCUT2D eigenvalue weighted by atomic mass is 16.2. The zero-order valence-electron chi connectivity index (χ0n) is 12.6. The van der Waals surface area contributed by atoms with Gasteiger partial charge in [0.1, 0.15) is 11.4 Å². The van der Waals surface area contributed by atoms with Crippen LogP contribution in [-0.2, 0) is 0 Å². The molecule has 21 heavy (non-hydrogen) atoms. The van der Waals surface area contributed by atoms with Crippen LogP contribution in [0.25, 0.3) is 0 Å². The van der Waals surface area contributed by atoms with Crippen molar-refractivity contribution in [3.05, 3.63) is 30.3 Å². The number of aliphatic imine (C=N–C) groups is 1. The van der Waals surface area contributed by atoms with E-state index in [0.29, 0.717) is 5.84 Å². The van der Waals surface area contributed by atoms with Crippen molar-refractivity contribution in [3.63, 3.8) is 0 Å². The number of anilines is 1. The molecule has 2 aliphatic heterocycles. The molecule has 112 valence electrons. The fourth-order valence-electron chi connectivity index (χ4n) is 3.55. The molecule has 0 atom stereocenters. The highest BCUT2D eigenvalue weighted by Gasteiger charge is 2.50. The molecule has 2 heterocycles. The van der Waals surface area contributed by atoms with Gasteiger partial charge in [0.15, 0.2) is 0 Å². The lowest BCUT2D eigenvalue weighted by Crippen LogP contribution is -2.61. The van der Waals surface area contributed by atoms with E-state index >= 15 is 0 Å². The van der Waals surface area contributed by atoms with Crippen molar-refractivity contribution in [2.45, 2.75) is 38.3 Å². The van der Waals surface area contributed by atoms with Gasteiger partial charge >= 0.3 is 6.03 Å². The van der Waals surface area contributed by atoms with Crippen molar-refractivity contribution in [3.8, 4) is 0 Å². The van der Waals surface area contributed by atoms with E-state index in [-0.39, 0.29) is 17.6 Å². The van der Waals surface area contributed by atoms with Gasteiger partial charge in [-0.25, -0.2) is 4.79 Å². The number of carbonyl (C=O) groups excluding carboxylic acids is 1. The van der Waals surface area contributed by atoms with Gasteiger partial charge in [0, 0.05) is 24.8 Å². The Balaban J connectivity index is 1.80. The minimum absolute atomic E-state index is 0.116. The summed E-state index contributed by atoms with van der Waals surface area (Å²) < 4.78 is 0. The van der Waals surface area contributed by atoms with Crippen LogP contribution in [0, 0.1) is 0 Å². The monoisotopic (exact) mass is 286 g/mol. The van der Waals surface area contributed by atoms with Crippen LogP contribution >= 0.6 is 0 Å². The normalized spacial score (nSPS) is 21.3. The molecule has 5 heteroatoms. The fourth-order valence-corrected chi connectivity index (χ4v) is 3.55. The van der Waals surface area contributed by atoms with Gasteiger partial charge in [-0.1, -0.05) is 18.2 Å². The SMILES string of the molecule is CC(C)N1C(=O)N=C(N)C12CCN(c1ccccc1)CC2. The van der Waals surface area contributed by atoms with Gasteiger partial charge in [0.25, 0.3) is 0 Å². The van der Waals surface area contributed by atoms with E-state index in [1.807, 2.05) is 24.8 Å². The first kappa shape index (κ1) is 13.9. The summed E-state index contributed by atoms with van der Waals surface area (Å²) in [6.07, 6.45) is 1.67. The van der Waals surface area contributed by atoms with Gasteiger partial charge in [0.2, 0.25) is 0 Å². The Morgan fingerprint density at radius 1 is 1.19 bits per heavy atom. The second kappa shape index (κ2) is 5.06. The van der Waals surface area contributed by atoms with Crippen molar-refractivity contribution >= 4 is 17.6 Å². The van der Waals surface area contributed by atoms with E-state index in [4.69, 9.17) is 5.73 Å². The number of amidine groups is 1. The van der Waals surface area contributed by atoms with E-state index in [0.717, 1.165) is 25.9 Å². The number of nitrogens with two attached hydrogens (primary N) is 1. The van der Waals surface area contributed by atoms with Crippen LogP contribution in [0.15, 0.2) is 35.3 Å². The van der Waals surface area contributed by atoms with Crippen LogP contribution in [-0.4, -0.2) is 41.4 Å². The van der Waals surface area contributed by atoms with E-state index in [1.54, 1.807) is 0 Å². The van der Waals surface area contributed by atoms with Crippen molar-refractivity contribution in [2.24, 2.45) is 10.7 Å². The minimum Gasteiger partial charge on any atom is -0.385 e. The maximum absolute atomic E-state index is 12.1. The van der Waals surface area contributed by atoms with Gasteiger partial charge in [-0.3, -0.25) is 0 Å². The molecule has 2 aliphatic rings. The lowest BCUT2D eigenvalue weighted by atomic mass is 9.84. The standard InChI is InChI=1S/C16H22N4O/c1-12(2)20-15(21)18-14(17)16(20)8-10-19(11-9-16)13-6-4-3-5-7-13/h3-7,12H,8-11H2,1-2H3,(H2,17,18,21). The maximum atomic E-state index is 12.1. The predicted octanol–water partition coefficient (Wildman–Crippen LogP) is 2.23. The van der Waals surface area contributed by atoms with Crippen LogP contribution in [0.3, 0.4) is 0 Å². The molecule has 0 aromatic heterocycles. The summed E-state index contributed by atoms with van der Waals surface area (Å²) in [5.41, 5.74) is 6.96. The number of para-hydroxylation sites is 1. The molecule has 1 aromatic rings. The summed E-state index contributed by atoms with van der Waals surface area (Å²) in [6.45, 7) is 5.82. The molecule has 1 aromatic carbocycles. The third-order valence-electron chi connectivity index (χ3n) is 4.59. The summed E-state index contributed by atoms with van der Waals surface area (Å²) in [4.78, 5) is 20.3. The van der Waals surface area contributed by atoms with Gasteiger partial charge < -0.3 is 15.5 Å². The molecule has 0 bridgehead atoms. The Labute approximate surface area is 125 Å². The number of nitrogens with zero attached hydrogens (tertiary/aromatic N) is 3. The van der Waals surface area contributed by atoms with E-state index in [2.05, 4.69) is 34.2 Å². The zero-order valence-corrected chi connectivity index (χ0v) is 12.6. The Kier molecular flexibility index (Phi) is 3.35. The molecule has 1 spiro atoms. The van der Waals surface area contributed by atoms with Crippen LogP contribution < -0.4 is 10.6 Å². The summed E-state index contributed by atoms with van der Waals surface area (Å²) in [7, 11) is 0. The van der Waals surface area contributed by atoms with Crippen LogP contribution in [0.5, 0.6) is 0 Å². The van der Waals surface area contributed by atoms with Gasteiger partial charge in [0.05, 0.1) is 0 Å². The molecular weight excluding hydrogens is 264 g/mol. The second-order valence-electron chi connectivity index (χ2n) is 6.10. The Hall–Kier alpha value is -2.04. The number of carbonyl (C=O) groups is 1. The number of hydrogen-bond acceptors (Lipinski definition) is 3. The average Bonchev–Trinajstić information content (AvgIpc) is 2.71. The quantitative estimate of drug-likeness (QED) is 0.907. The molecule has 0 aliphatic carbocycles. The summed E-state index contributed by atoms with van der Waals surface area (Å²) in [5, 5.41) is 0.